The van der Waals surface area contributed by atoms with Gasteiger partial charge in [0, 0.05) is 6.04 Å². The van der Waals surface area contributed by atoms with Gasteiger partial charge in [-0.1, -0.05) is 32.1 Å². The fourth-order valence-electron chi connectivity index (χ4n) is 1.41. The van der Waals surface area contributed by atoms with E-state index in [9.17, 15) is 12.8 Å². The van der Waals surface area contributed by atoms with Gasteiger partial charge in [0.15, 0.2) is 0 Å². The largest absolute Gasteiger partial charge is 0.389 e. The van der Waals surface area contributed by atoms with Crippen LogP contribution < -0.4 is 10.5 Å². The Balaban J connectivity index is 3.30. The van der Waals surface area contributed by atoms with Crippen LogP contribution in [0.1, 0.15) is 26.3 Å². The lowest BCUT2D eigenvalue weighted by atomic mass is 10.1. The van der Waals surface area contributed by atoms with Gasteiger partial charge in [-0.2, -0.15) is 0 Å². The molecule has 1 atom stereocenters. The zero-order chi connectivity index (χ0) is 14.8. The Morgan fingerprint density at radius 1 is 1.37 bits per heavy atom. The second kappa shape index (κ2) is 5.94. The zero-order valence-electron chi connectivity index (χ0n) is 11.0. The van der Waals surface area contributed by atoms with Crippen LogP contribution in [0.25, 0.3) is 0 Å². The molecule has 1 rings (SSSR count). The molecule has 0 saturated carbocycles. The van der Waals surface area contributed by atoms with Gasteiger partial charge in [0.05, 0.1) is 10.5 Å². The summed E-state index contributed by atoms with van der Waals surface area (Å²) in [7, 11) is -3.86. The maximum absolute atomic E-state index is 13.7. The summed E-state index contributed by atoms with van der Waals surface area (Å²) in [6, 6.07) is 3.44. The van der Waals surface area contributed by atoms with Crippen LogP contribution in [0.5, 0.6) is 0 Å². The van der Waals surface area contributed by atoms with Crippen LogP contribution in [-0.4, -0.2) is 19.4 Å². The fraction of sp³-hybridized carbons (Fsp3) is 0.417. The monoisotopic (exact) mass is 304 g/mol. The lowest BCUT2D eigenvalue weighted by Gasteiger charge is -2.19. The van der Waals surface area contributed by atoms with E-state index in [4.69, 9.17) is 18.0 Å². The molecule has 0 fully saturated rings. The maximum atomic E-state index is 13.7. The molecular formula is C12H17FN2O2S2. The van der Waals surface area contributed by atoms with Gasteiger partial charge in [0.2, 0.25) is 10.0 Å². The van der Waals surface area contributed by atoms with Crippen molar-refractivity contribution in [3.63, 3.8) is 0 Å². The Hall–Kier alpha value is -1.05. The third-order valence-electron chi connectivity index (χ3n) is 2.85. The number of hydrogen-bond acceptors (Lipinski definition) is 3. The van der Waals surface area contributed by atoms with Crippen molar-refractivity contribution in [3.05, 3.63) is 29.6 Å². The Labute approximate surface area is 118 Å². The molecule has 0 aliphatic carbocycles. The Morgan fingerprint density at radius 3 is 2.42 bits per heavy atom. The number of rotatable bonds is 5. The molecule has 0 aromatic heterocycles. The van der Waals surface area contributed by atoms with Gasteiger partial charge in [-0.25, -0.2) is 17.5 Å². The molecule has 106 valence electrons. The van der Waals surface area contributed by atoms with Crippen molar-refractivity contribution in [1.29, 1.82) is 0 Å². The van der Waals surface area contributed by atoms with Crippen LogP contribution in [0.4, 0.5) is 4.39 Å². The Bertz CT molecular complexity index is 585. The predicted molar refractivity (Wildman–Crippen MR) is 76.9 cm³/mol. The van der Waals surface area contributed by atoms with E-state index in [-0.39, 0.29) is 27.4 Å². The molecular weight excluding hydrogens is 287 g/mol. The SMILES string of the molecule is CC(C)C(C)NS(=O)(=O)c1cccc(F)c1C(N)=S. The molecule has 1 aromatic carbocycles. The first-order valence-electron chi connectivity index (χ1n) is 5.77. The highest BCUT2D eigenvalue weighted by Crippen LogP contribution is 2.19. The molecule has 0 aliphatic rings. The number of thiocarbonyl (C=S) groups is 1. The Morgan fingerprint density at radius 2 is 1.95 bits per heavy atom. The molecule has 0 radical (unpaired) electrons. The first-order chi connectivity index (χ1) is 8.66. The number of sulfonamides is 1. The summed E-state index contributed by atoms with van der Waals surface area (Å²) in [6.45, 7) is 5.50. The second-order valence-electron chi connectivity index (χ2n) is 4.63. The Kier molecular flexibility index (Phi) is 5.00. The van der Waals surface area contributed by atoms with Crippen LogP contribution in [0.3, 0.4) is 0 Å². The lowest BCUT2D eigenvalue weighted by molar-refractivity contribution is 0.476. The van der Waals surface area contributed by atoms with Crippen molar-refractivity contribution in [2.45, 2.75) is 31.7 Å². The minimum Gasteiger partial charge on any atom is -0.389 e. The summed E-state index contributed by atoms with van der Waals surface area (Å²) in [5, 5.41) is 0. The van der Waals surface area contributed by atoms with Gasteiger partial charge in [0.25, 0.3) is 0 Å². The summed E-state index contributed by atoms with van der Waals surface area (Å²) >= 11 is 4.72. The van der Waals surface area contributed by atoms with Gasteiger partial charge in [0.1, 0.15) is 10.8 Å². The standard InChI is InChI=1S/C12H17FN2O2S2/c1-7(2)8(3)15-19(16,17)10-6-4-5-9(13)11(10)12(14)18/h4-8,15H,1-3H3,(H2,14,18). The van der Waals surface area contributed by atoms with Crippen LogP contribution in [-0.2, 0) is 10.0 Å². The summed E-state index contributed by atoms with van der Waals surface area (Å²) in [6.07, 6.45) is 0. The third-order valence-corrected chi connectivity index (χ3v) is 4.66. The molecule has 1 unspecified atom stereocenters. The van der Waals surface area contributed by atoms with Crippen LogP contribution in [0, 0.1) is 11.7 Å². The number of nitrogens with two attached hydrogens (primary N) is 1. The maximum Gasteiger partial charge on any atom is 0.241 e. The summed E-state index contributed by atoms with van der Waals surface area (Å²) in [5.74, 6) is -0.635. The molecule has 0 spiro atoms. The summed E-state index contributed by atoms with van der Waals surface area (Å²) in [4.78, 5) is -0.511. The predicted octanol–water partition coefficient (Wildman–Crippen LogP) is 1.78. The minimum absolute atomic E-state index is 0.108. The summed E-state index contributed by atoms with van der Waals surface area (Å²) in [5.41, 5.74) is 5.15. The van der Waals surface area contributed by atoms with Crippen molar-refractivity contribution in [1.82, 2.24) is 4.72 Å². The van der Waals surface area contributed by atoms with Crippen LogP contribution >= 0.6 is 12.2 Å². The highest BCUT2D eigenvalue weighted by atomic mass is 32.2. The van der Waals surface area contributed by atoms with E-state index in [0.717, 1.165) is 6.07 Å². The molecule has 1 aromatic rings. The molecule has 0 heterocycles. The van der Waals surface area contributed by atoms with Crippen LogP contribution in [0.15, 0.2) is 23.1 Å². The number of halogens is 1. The highest BCUT2D eigenvalue weighted by molar-refractivity contribution is 7.89. The number of hydrogen-bond donors (Lipinski definition) is 2. The molecule has 0 amide bonds. The summed E-state index contributed by atoms with van der Waals surface area (Å²) < 4.78 is 40.6. The average molecular weight is 304 g/mol. The van der Waals surface area contributed by atoms with Gasteiger partial charge >= 0.3 is 0 Å². The van der Waals surface area contributed by atoms with Crippen molar-refractivity contribution in [3.8, 4) is 0 Å². The molecule has 0 saturated heterocycles. The van der Waals surface area contributed by atoms with Gasteiger partial charge < -0.3 is 5.73 Å². The molecule has 19 heavy (non-hydrogen) atoms. The molecule has 0 aliphatic heterocycles. The molecule has 3 N–H and O–H groups in total. The van der Waals surface area contributed by atoms with Crippen molar-refractivity contribution < 1.29 is 12.8 Å². The van der Waals surface area contributed by atoms with E-state index in [0.29, 0.717) is 0 Å². The molecule has 7 heteroatoms. The number of nitrogens with one attached hydrogen (secondary N) is 1. The normalized spacial score (nSPS) is 13.5. The van der Waals surface area contributed by atoms with E-state index in [2.05, 4.69) is 4.72 Å². The number of benzene rings is 1. The highest BCUT2D eigenvalue weighted by Gasteiger charge is 2.25. The van der Waals surface area contributed by atoms with Gasteiger partial charge in [-0.15, -0.1) is 0 Å². The van der Waals surface area contributed by atoms with Gasteiger partial charge in [-0.05, 0) is 25.0 Å². The topological polar surface area (TPSA) is 72.2 Å². The molecule has 4 nitrogen and oxygen atoms in total. The first kappa shape index (κ1) is 16.0. The minimum atomic E-state index is -3.86. The van der Waals surface area contributed by atoms with E-state index in [1.54, 1.807) is 6.92 Å². The van der Waals surface area contributed by atoms with Crippen molar-refractivity contribution in [2.75, 3.05) is 0 Å². The quantitative estimate of drug-likeness (QED) is 0.813. The smallest absolute Gasteiger partial charge is 0.241 e. The van der Waals surface area contributed by atoms with Crippen molar-refractivity contribution >= 4 is 27.2 Å². The third kappa shape index (κ3) is 3.71. The van der Waals surface area contributed by atoms with E-state index < -0.39 is 15.8 Å². The first-order valence-corrected chi connectivity index (χ1v) is 7.66. The van der Waals surface area contributed by atoms with Crippen LogP contribution in [0.2, 0.25) is 0 Å². The van der Waals surface area contributed by atoms with Crippen molar-refractivity contribution in [2.24, 2.45) is 11.7 Å². The second-order valence-corrected chi connectivity index (χ2v) is 6.75. The lowest BCUT2D eigenvalue weighted by Crippen LogP contribution is -2.37. The molecule has 0 bridgehead atoms. The van der Waals surface area contributed by atoms with Gasteiger partial charge in [-0.3, -0.25) is 0 Å². The van der Waals surface area contributed by atoms with E-state index in [1.165, 1.54) is 12.1 Å². The average Bonchev–Trinajstić information content (AvgIpc) is 2.27. The van der Waals surface area contributed by atoms with E-state index in [1.807, 2.05) is 13.8 Å². The fourth-order valence-corrected chi connectivity index (χ4v) is 3.31. The van der Waals surface area contributed by atoms with E-state index >= 15 is 0 Å². The zero-order valence-corrected chi connectivity index (χ0v) is 12.6.